The van der Waals surface area contributed by atoms with Crippen LogP contribution in [0.5, 0.6) is 5.75 Å². The fraction of sp³-hybridized carbons (Fsp3) is 0.333. The minimum Gasteiger partial charge on any atom is -0.497 e. The van der Waals surface area contributed by atoms with Crippen molar-refractivity contribution in [3.8, 4) is 5.75 Å². The Labute approximate surface area is 197 Å². The zero-order valence-corrected chi connectivity index (χ0v) is 20.2. The van der Waals surface area contributed by atoms with E-state index in [1.165, 1.54) is 0 Å². The molecule has 1 saturated heterocycles. The Morgan fingerprint density at radius 3 is 2.48 bits per heavy atom. The van der Waals surface area contributed by atoms with Gasteiger partial charge in [0, 0.05) is 21.7 Å². The zero-order chi connectivity index (χ0) is 24.0. The number of fused-ring (bicyclic) bond motifs is 1. The molecule has 7 nitrogen and oxygen atoms in total. The van der Waals surface area contributed by atoms with Crippen LogP contribution in [0.2, 0.25) is 5.02 Å². The molecule has 2 aromatic carbocycles. The van der Waals surface area contributed by atoms with Gasteiger partial charge < -0.3 is 10.1 Å². The predicted molar refractivity (Wildman–Crippen MR) is 128 cm³/mol. The Hall–Kier alpha value is -2.84. The lowest BCUT2D eigenvalue weighted by atomic mass is 10.0. The number of methoxy groups -OCH3 is 1. The quantitative estimate of drug-likeness (QED) is 0.592. The third-order valence-corrected chi connectivity index (χ3v) is 8.27. The summed E-state index contributed by atoms with van der Waals surface area (Å²) in [5.41, 5.74) is 1.66. The lowest BCUT2D eigenvalue weighted by molar-refractivity contribution is -0.121. The van der Waals surface area contributed by atoms with Gasteiger partial charge in [0.25, 0.3) is 5.91 Å². The number of sulfone groups is 1. The highest BCUT2D eigenvalue weighted by Crippen LogP contribution is 2.31. The maximum Gasteiger partial charge on any atom is 0.262 e. The SMILES string of the molecule is COc1ccc2c(c1)c(CC(=O)N[C@]1(C)CCS(=O)(=O)C1)c(C)n2C(=O)c1ccc(Cl)cc1. The first-order valence-corrected chi connectivity index (χ1v) is 12.7. The second kappa shape index (κ2) is 8.50. The first-order valence-electron chi connectivity index (χ1n) is 10.5. The first-order chi connectivity index (χ1) is 15.5. The van der Waals surface area contributed by atoms with Gasteiger partial charge >= 0.3 is 0 Å². The molecule has 174 valence electrons. The standard InChI is InChI=1S/C24H25ClN2O5S/c1-15-19(13-22(28)26-24(2)10-11-33(30,31)14-24)20-12-18(32-3)8-9-21(20)27(15)23(29)16-4-6-17(25)7-5-16/h4-9,12H,10-11,13-14H2,1-3H3,(H,26,28)/t24-/m1/s1. The van der Waals surface area contributed by atoms with Crippen LogP contribution in [0.1, 0.15) is 35.0 Å². The van der Waals surface area contributed by atoms with Crippen LogP contribution in [0, 0.1) is 6.92 Å². The largest absolute Gasteiger partial charge is 0.497 e. The minimum atomic E-state index is -3.15. The molecule has 0 spiro atoms. The van der Waals surface area contributed by atoms with Crippen molar-refractivity contribution < 1.29 is 22.7 Å². The van der Waals surface area contributed by atoms with E-state index in [1.807, 2.05) is 0 Å². The van der Waals surface area contributed by atoms with Crippen LogP contribution in [0.25, 0.3) is 10.9 Å². The summed E-state index contributed by atoms with van der Waals surface area (Å²) in [6, 6.07) is 12.0. The maximum atomic E-state index is 13.4. The van der Waals surface area contributed by atoms with E-state index >= 15 is 0 Å². The number of carbonyl (C=O) groups excluding carboxylic acids is 2. The molecule has 0 aliphatic carbocycles. The molecular formula is C24H25ClN2O5S. The first kappa shape index (κ1) is 23.3. The molecule has 1 aromatic heterocycles. The summed E-state index contributed by atoms with van der Waals surface area (Å²) < 4.78 is 30.8. The van der Waals surface area contributed by atoms with E-state index in [-0.39, 0.29) is 29.7 Å². The summed E-state index contributed by atoms with van der Waals surface area (Å²) in [4.78, 5) is 26.3. The Kier molecular flexibility index (Phi) is 6.01. The number of aromatic nitrogens is 1. The summed E-state index contributed by atoms with van der Waals surface area (Å²) in [7, 11) is -1.60. The Morgan fingerprint density at radius 1 is 1.18 bits per heavy atom. The Balaban J connectivity index is 1.73. The monoisotopic (exact) mass is 488 g/mol. The molecule has 0 bridgehead atoms. The molecule has 9 heteroatoms. The van der Waals surface area contributed by atoms with Gasteiger partial charge in [-0.3, -0.25) is 14.2 Å². The predicted octanol–water partition coefficient (Wildman–Crippen LogP) is 3.54. The van der Waals surface area contributed by atoms with Crippen molar-refractivity contribution in [2.45, 2.75) is 32.2 Å². The molecule has 3 aromatic rings. The number of carbonyl (C=O) groups is 2. The third-order valence-electron chi connectivity index (χ3n) is 6.12. The van der Waals surface area contributed by atoms with E-state index in [1.54, 1.807) is 68.0 Å². The number of amides is 1. The Bertz CT molecular complexity index is 1360. The molecule has 4 rings (SSSR count). The van der Waals surface area contributed by atoms with Gasteiger partial charge in [-0.25, -0.2) is 8.42 Å². The number of hydrogen-bond acceptors (Lipinski definition) is 5. The van der Waals surface area contributed by atoms with Crippen molar-refractivity contribution in [2.75, 3.05) is 18.6 Å². The van der Waals surface area contributed by atoms with Gasteiger partial charge in [0.15, 0.2) is 9.84 Å². The van der Waals surface area contributed by atoms with E-state index in [0.717, 1.165) is 5.39 Å². The summed E-state index contributed by atoms with van der Waals surface area (Å²) in [5.74, 6) is 0.0667. The molecule has 0 radical (unpaired) electrons. The van der Waals surface area contributed by atoms with Crippen LogP contribution in [0.15, 0.2) is 42.5 Å². The van der Waals surface area contributed by atoms with Crippen molar-refractivity contribution in [1.29, 1.82) is 0 Å². The summed E-state index contributed by atoms with van der Waals surface area (Å²) in [6.07, 6.45) is 0.386. The van der Waals surface area contributed by atoms with Crippen molar-refractivity contribution in [3.63, 3.8) is 0 Å². The van der Waals surface area contributed by atoms with Gasteiger partial charge in [-0.2, -0.15) is 0 Å². The van der Waals surface area contributed by atoms with Crippen LogP contribution >= 0.6 is 11.6 Å². The number of hydrogen-bond donors (Lipinski definition) is 1. The molecule has 0 saturated carbocycles. The van der Waals surface area contributed by atoms with E-state index in [4.69, 9.17) is 16.3 Å². The van der Waals surface area contributed by atoms with Gasteiger partial charge in [-0.05, 0) is 68.3 Å². The maximum absolute atomic E-state index is 13.4. The summed E-state index contributed by atoms with van der Waals surface area (Å²) >= 11 is 5.97. The van der Waals surface area contributed by atoms with Crippen LogP contribution in [-0.2, 0) is 21.1 Å². The lowest BCUT2D eigenvalue weighted by Gasteiger charge is -2.24. The van der Waals surface area contributed by atoms with Gasteiger partial charge in [0.1, 0.15) is 5.75 Å². The number of halogens is 1. The molecule has 1 amide bonds. The molecule has 1 aliphatic heterocycles. The number of nitrogens with zero attached hydrogens (tertiary/aromatic N) is 1. The highest BCUT2D eigenvalue weighted by atomic mass is 35.5. The van der Waals surface area contributed by atoms with Crippen molar-refractivity contribution >= 4 is 44.2 Å². The van der Waals surface area contributed by atoms with Gasteiger partial charge in [-0.1, -0.05) is 11.6 Å². The van der Waals surface area contributed by atoms with Crippen molar-refractivity contribution in [2.24, 2.45) is 0 Å². The van der Waals surface area contributed by atoms with Crippen LogP contribution in [0.3, 0.4) is 0 Å². The third kappa shape index (κ3) is 4.63. The van der Waals surface area contributed by atoms with E-state index in [2.05, 4.69) is 5.32 Å². The van der Waals surface area contributed by atoms with E-state index in [0.29, 0.717) is 39.5 Å². The number of rotatable bonds is 5. The van der Waals surface area contributed by atoms with Crippen molar-refractivity contribution in [3.05, 3.63) is 64.3 Å². The summed E-state index contributed by atoms with van der Waals surface area (Å²) in [5, 5.41) is 4.16. The summed E-state index contributed by atoms with van der Waals surface area (Å²) in [6.45, 7) is 3.54. The number of nitrogens with one attached hydrogen (secondary N) is 1. The van der Waals surface area contributed by atoms with Gasteiger partial charge in [-0.15, -0.1) is 0 Å². The lowest BCUT2D eigenvalue weighted by Crippen LogP contribution is -2.47. The van der Waals surface area contributed by atoms with Gasteiger partial charge in [0.2, 0.25) is 5.91 Å². The fourth-order valence-corrected chi connectivity index (χ4v) is 6.67. The van der Waals surface area contributed by atoms with Crippen LogP contribution < -0.4 is 10.1 Å². The fourth-order valence-electron chi connectivity index (χ4n) is 4.45. The molecule has 1 fully saturated rings. The zero-order valence-electron chi connectivity index (χ0n) is 18.6. The van der Waals surface area contributed by atoms with Crippen LogP contribution in [-0.4, -0.2) is 49.0 Å². The van der Waals surface area contributed by atoms with Gasteiger partial charge in [0.05, 0.1) is 36.1 Å². The molecule has 2 heterocycles. The molecule has 1 N–H and O–H groups in total. The van der Waals surface area contributed by atoms with Crippen molar-refractivity contribution in [1.82, 2.24) is 9.88 Å². The van der Waals surface area contributed by atoms with Crippen LogP contribution in [0.4, 0.5) is 0 Å². The smallest absolute Gasteiger partial charge is 0.262 e. The number of benzene rings is 2. The highest BCUT2D eigenvalue weighted by molar-refractivity contribution is 7.91. The number of ether oxygens (including phenoxy) is 1. The second-order valence-electron chi connectivity index (χ2n) is 8.72. The molecular weight excluding hydrogens is 464 g/mol. The molecule has 33 heavy (non-hydrogen) atoms. The van der Waals surface area contributed by atoms with E-state index in [9.17, 15) is 18.0 Å². The average molecular weight is 489 g/mol. The molecule has 0 unspecified atom stereocenters. The molecule has 1 aliphatic rings. The normalized spacial score (nSPS) is 19.5. The Morgan fingerprint density at radius 2 is 1.88 bits per heavy atom. The van der Waals surface area contributed by atoms with E-state index < -0.39 is 15.4 Å². The average Bonchev–Trinajstić information content (AvgIpc) is 3.19. The highest BCUT2D eigenvalue weighted by Gasteiger charge is 2.39. The minimum absolute atomic E-state index is 0.00599. The topological polar surface area (TPSA) is 94.5 Å². The second-order valence-corrected chi connectivity index (χ2v) is 11.3. The molecule has 1 atom stereocenters.